The molecule has 1 aromatic heterocycles. The van der Waals surface area contributed by atoms with E-state index in [1.54, 1.807) is 53.7 Å². The van der Waals surface area contributed by atoms with Crippen LogP contribution in [0.25, 0.3) is 6.08 Å². The average Bonchev–Trinajstić information content (AvgIpc) is 3.15. The lowest BCUT2D eigenvalue weighted by atomic mass is 10.1. The van der Waals surface area contributed by atoms with Crippen molar-refractivity contribution in [3.63, 3.8) is 0 Å². The number of benzene rings is 2. The van der Waals surface area contributed by atoms with Crippen molar-refractivity contribution < 1.29 is 19.1 Å². The Hall–Kier alpha value is -3.93. The average molecular weight is 386 g/mol. The van der Waals surface area contributed by atoms with Gasteiger partial charge in [-0.15, -0.1) is 0 Å². The maximum Gasteiger partial charge on any atom is 0.415 e. The summed E-state index contributed by atoms with van der Waals surface area (Å²) >= 11 is 0. The van der Waals surface area contributed by atoms with Gasteiger partial charge < -0.3 is 9.47 Å². The van der Waals surface area contributed by atoms with Crippen LogP contribution in [-0.4, -0.2) is 23.7 Å². The number of anilines is 1. The van der Waals surface area contributed by atoms with Gasteiger partial charge in [-0.05, 0) is 29.8 Å². The molecule has 0 aliphatic carbocycles. The van der Waals surface area contributed by atoms with E-state index < -0.39 is 12.1 Å². The minimum Gasteiger partial charge on any atom is -0.447 e. The fraction of sp³-hybridized carbons (Fsp3) is 0.0870. The first-order valence-electron chi connectivity index (χ1n) is 9.12. The lowest BCUT2D eigenvalue weighted by molar-refractivity contribution is -0.128. The number of carbonyl (C=O) groups is 2. The molecule has 2 heterocycles. The monoisotopic (exact) mass is 386 g/mol. The molecule has 144 valence electrons. The Labute approximate surface area is 168 Å². The summed E-state index contributed by atoms with van der Waals surface area (Å²) in [5, 5.41) is 0. The Morgan fingerprint density at radius 1 is 1.07 bits per heavy atom. The van der Waals surface area contributed by atoms with Crippen LogP contribution in [0.4, 0.5) is 10.5 Å². The van der Waals surface area contributed by atoms with Crippen molar-refractivity contribution in [1.82, 2.24) is 4.98 Å². The Kier molecular flexibility index (Phi) is 5.33. The first-order chi connectivity index (χ1) is 14.2. The van der Waals surface area contributed by atoms with Gasteiger partial charge in [0.2, 0.25) is 0 Å². The summed E-state index contributed by atoms with van der Waals surface area (Å²) in [6.45, 7) is 0.254. The lowest BCUT2D eigenvalue weighted by Gasteiger charge is -2.23. The molecule has 1 saturated heterocycles. The van der Waals surface area contributed by atoms with Gasteiger partial charge in [-0.1, -0.05) is 48.5 Å². The van der Waals surface area contributed by atoms with E-state index in [0.29, 0.717) is 17.0 Å². The summed E-state index contributed by atoms with van der Waals surface area (Å²) in [5.74, 6) is -0.0598. The number of carbonyl (C=O) groups excluding carboxylic acids is 2. The maximum atomic E-state index is 12.5. The molecule has 3 aromatic rings. The zero-order chi connectivity index (χ0) is 20.1. The highest BCUT2D eigenvalue weighted by Crippen LogP contribution is 2.35. The third-order valence-corrected chi connectivity index (χ3v) is 4.51. The summed E-state index contributed by atoms with van der Waals surface area (Å²) in [5.41, 5.74) is 2.19. The number of amides is 1. The van der Waals surface area contributed by atoms with Gasteiger partial charge in [0.15, 0.2) is 0 Å². The minimum absolute atomic E-state index is 0.254. The summed E-state index contributed by atoms with van der Waals surface area (Å²) in [7, 11) is 0. The predicted octanol–water partition coefficient (Wildman–Crippen LogP) is 4.40. The standard InChI is InChI=1S/C23H18N2O4/c26-22(29-19-9-5-2-6-10-19)12-11-18-15-24-14-13-20(18)25-21(16-28-23(25)27)17-7-3-1-4-8-17/h1-15,21H,16H2/t21-/m0/s1. The number of ether oxygens (including phenoxy) is 2. The molecule has 4 rings (SSSR count). The van der Waals surface area contributed by atoms with Crippen molar-refractivity contribution in [3.05, 3.63) is 96.3 Å². The van der Waals surface area contributed by atoms with E-state index in [0.717, 1.165) is 5.56 Å². The zero-order valence-electron chi connectivity index (χ0n) is 15.5. The molecule has 1 aliphatic rings. The van der Waals surface area contributed by atoms with Crippen molar-refractivity contribution in [2.75, 3.05) is 11.5 Å². The molecule has 0 N–H and O–H groups in total. The third-order valence-electron chi connectivity index (χ3n) is 4.51. The number of esters is 1. The molecule has 6 heteroatoms. The molecular formula is C23H18N2O4. The molecular weight excluding hydrogens is 368 g/mol. The van der Waals surface area contributed by atoms with Crippen LogP contribution in [0.2, 0.25) is 0 Å². The summed E-state index contributed by atoms with van der Waals surface area (Å²) in [6, 6.07) is 19.9. The van der Waals surface area contributed by atoms with Gasteiger partial charge in [0.05, 0.1) is 11.7 Å². The van der Waals surface area contributed by atoms with Crippen LogP contribution >= 0.6 is 0 Å². The highest BCUT2D eigenvalue weighted by molar-refractivity contribution is 5.95. The summed E-state index contributed by atoms with van der Waals surface area (Å²) < 4.78 is 10.6. The molecule has 6 nitrogen and oxygen atoms in total. The van der Waals surface area contributed by atoms with Gasteiger partial charge in [-0.2, -0.15) is 0 Å². The molecule has 1 amide bonds. The summed E-state index contributed by atoms with van der Waals surface area (Å²) in [6.07, 6.45) is 5.65. The number of pyridine rings is 1. The van der Waals surface area contributed by atoms with Crippen molar-refractivity contribution in [1.29, 1.82) is 0 Å². The molecule has 0 bridgehead atoms. The van der Waals surface area contributed by atoms with Crippen LogP contribution in [0.5, 0.6) is 5.75 Å². The number of rotatable bonds is 5. The van der Waals surface area contributed by atoms with E-state index in [2.05, 4.69) is 4.98 Å². The number of para-hydroxylation sites is 1. The van der Waals surface area contributed by atoms with Crippen LogP contribution in [0.3, 0.4) is 0 Å². The summed E-state index contributed by atoms with van der Waals surface area (Å²) in [4.78, 5) is 30.3. The Balaban J connectivity index is 1.59. The number of cyclic esters (lactones) is 1. The van der Waals surface area contributed by atoms with Crippen LogP contribution in [0, 0.1) is 0 Å². The van der Waals surface area contributed by atoms with Gasteiger partial charge in [-0.25, -0.2) is 9.59 Å². The van der Waals surface area contributed by atoms with Crippen LogP contribution in [0.15, 0.2) is 85.2 Å². The first-order valence-corrected chi connectivity index (χ1v) is 9.12. The number of aromatic nitrogens is 1. The predicted molar refractivity (Wildman–Crippen MR) is 108 cm³/mol. The highest BCUT2D eigenvalue weighted by atomic mass is 16.6. The van der Waals surface area contributed by atoms with Gasteiger partial charge in [0.25, 0.3) is 0 Å². The van der Waals surface area contributed by atoms with Crippen molar-refractivity contribution in [2.45, 2.75) is 6.04 Å². The molecule has 2 aromatic carbocycles. The molecule has 0 unspecified atom stereocenters. The fourth-order valence-electron chi connectivity index (χ4n) is 3.15. The number of hydrogen-bond acceptors (Lipinski definition) is 5. The first kappa shape index (κ1) is 18.4. The quantitative estimate of drug-likeness (QED) is 0.369. The second kappa shape index (κ2) is 8.39. The molecule has 1 aliphatic heterocycles. The second-order valence-electron chi connectivity index (χ2n) is 6.38. The highest BCUT2D eigenvalue weighted by Gasteiger charge is 2.36. The minimum atomic E-state index is -0.519. The van der Waals surface area contributed by atoms with Crippen molar-refractivity contribution in [3.8, 4) is 5.75 Å². The Morgan fingerprint density at radius 2 is 1.79 bits per heavy atom. The van der Waals surface area contributed by atoms with Gasteiger partial charge in [0.1, 0.15) is 12.4 Å². The van der Waals surface area contributed by atoms with E-state index in [-0.39, 0.29) is 12.6 Å². The molecule has 0 spiro atoms. The van der Waals surface area contributed by atoms with Crippen LogP contribution in [-0.2, 0) is 9.53 Å². The molecule has 0 radical (unpaired) electrons. The van der Waals surface area contributed by atoms with E-state index in [4.69, 9.17) is 9.47 Å². The van der Waals surface area contributed by atoms with E-state index in [9.17, 15) is 9.59 Å². The van der Waals surface area contributed by atoms with Gasteiger partial charge in [-0.3, -0.25) is 9.88 Å². The van der Waals surface area contributed by atoms with E-state index >= 15 is 0 Å². The topological polar surface area (TPSA) is 68.7 Å². The Bertz CT molecular complexity index is 1040. The fourth-order valence-corrected chi connectivity index (χ4v) is 3.15. The number of hydrogen-bond donors (Lipinski definition) is 0. The van der Waals surface area contributed by atoms with Crippen LogP contribution in [0.1, 0.15) is 17.2 Å². The Morgan fingerprint density at radius 3 is 2.55 bits per heavy atom. The van der Waals surface area contributed by atoms with E-state index in [1.807, 2.05) is 36.4 Å². The zero-order valence-corrected chi connectivity index (χ0v) is 15.5. The third kappa shape index (κ3) is 4.16. The lowest BCUT2D eigenvalue weighted by Crippen LogP contribution is -2.28. The van der Waals surface area contributed by atoms with Crippen LogP contribution < -0.4 is 9.64 Å². The molecule has 1 atom stereocenters. The van der Waals surface area contributed by atoms with Crippen molar-refractivity contribution in [2.24, 2.45) is 0 Å². The van der Waals surface area contributed by atoms with Gasteiger partial charge >= 0.3 is 12.1 Å². The number of nitrogens with zero attached hydrogens (tertiary/aromatic N) is 2. The SMILES string of the molecule is O=C(C=Cc1cnccc1N1C(=O)OC[C@H]1c1ccccc1)Oc1ccccc1. The normalized spacial score (nSPS) is 16.1. The smallest absolute Gasteiger partial charge is 0.415 e. The molecule has 29 heavy (non-hydrogen) atoms. The van der Waals surface area contributed by atoms with Gasteiger partial charge in [0, 0.05) is 24.0 Å². The van der Waals surface area contributed by atoms with Crippen molar-refractivity contribution >= 4 is 23.8 Å². The molecule has 1 fully saturated rings. The van der Waals surface area contributed by atoms with E-state index in [1.165, 1.54) is 6.08 Å². The second-order valence-corrected chi connectivity index (χ2v) is 6.38. The molecule has 0 saturated carbocycles. The maximum absolute atomic E-state index is 12.5. The largest absolute Gasteiger partial charge is 0.447 e.